The van der Waals surface area contributed by atoms with E-state index in [1.165, 1.54) is 18.2 Å². The molecule has 0 heterocycles. The van der Waals surface area contributed by atoms with Gasteiger partial charge in [-0.1, -0.05) is 18.2 Å². The molecule has 2 saturated carbocycles. The molecule has 2 aromatic carbocycles. The van der Waals surface area contributed by atoms with Gasteiger partial charge in [-0.3, -0.25) is 9.59 Å². The van der Waals surface area contributed by atoms with E-state index in [9.17, 15) is 9.59 Å². The van der Waals surface area contributed by atoms with Crippen LogP contribution >= 0.6 is 0 Å². The Morgan fingerprint density at radius 1 is 1.19 bits per heavy atom. The first-order valence-corrected chi connectivity index (χ1v) is 11.5. The highest BCUT2D eigenvalue weighted by atomic mass is 16.5. The number of aryl methyl sites for hydroxylation is 1. The number of hydrogen-bond acceptors (Lipinski definition) is 4. The fourth-order valence-electron chi connectivity index (χ4n) is 6.36. The summed E-state index contributed by atoms with van der Waals surface area (Å²) in [4.78, 5) is 26.4. The number of carbonyl (C=O) groups is 2. The maximum Gasteiger partial charge on any atom is 0.227 e. The zero-order valence-corrected chi connectivity index (χ0v) is 18.7. The second-order valence-corrected chi connectivity index (χ2v) is 9.76. The molecule has 5 nitrogen and oxygen atoms in total. The summed E-state index contributed by atoms with van der Waals surface area (Å²) in [6, 6.07) is 13.3. The molecular weight excluding hydrogens is 400 g/mol. The normalized spacial score (nSPS) is 28.2. The van der Waals surface area contributed by atoms with E-state index in [0.29, 0.717) is 22.8 Å². The van der Waals surface area contributed by atoms with Crippen LogP contribution in [0.3, 0.4) is 0 Å². The quantitative estimate of drug-likeness (QED) is 0.728. The highest BCUT2D eigenvalue weighted by molar-refractivity contribution is 6.05. The van der Waals surface area contributed by atoms with Crippen LogP contribution in [0.5, 0.6) is 5.75 Å². The molecule has 164 valence electrons. The minimum absolute atomic E-state index is 0.0113. The van der Waals surface area contributed by atoms with Gasteiger partial charge in [0.2, 0.25) is 5.91 Å². The van der Waals surface area contributed by atoms with E-state index in [2.05, 4.69) is 24.4 Å². The maximum absolute atomic E-state index is 13.5. The van der Waals surface area contributed by atoms with Crippen molar-refractivity contribution < 1.29 is 14.3 Å². The van der Waals surface area contributed by atoms with Crippen LogP contribution < -0.4 is 10.1 Å². The zero-order valence-electron chi connectivity index (χ0n) is 18.7. The van der Waals surface area contributed by atoms with Gasteiger partial charge in [-0.25, -0.2) is 0 Å². The van der Waals surface area contributed by atoms with Crippen molar-refractivity contribution in [2.24, 2.45) is 16.7 Å². The third-order valence-corrected chi connectivity index (χ3v) is 8.32. The van der Waals surface area contributed by atoms with Gasteiger partial charge in [-0.05, 0) is 80.5 Å². The molecule has 1 amide bonds. The molecule has 5 rings (SSSR count). The van der Waals surface area contributed by atoms with Crippen molar-refractivity contribution in [3.8, 4) is 11.8 Å². The van der Waals surface area contributed by atoms with E-state index in [0.717, 1.165) is 50.5 Å². The Morgan fingerprint density at radius 3 is 2.69 bits per heavy atom. The molecule has 0 radical (unpaired) electrons. The first-order chi connectivity index (χ1) is 15.4. The Hall–Kier alpha value is -3.13. The number of fused-ring (bicyclic) bond motifs is 2. The first-order valence-electron chi connectivity index (χ1n) is 11.5. The Bertz CT molecular complexity index is 1150. The fourth-order valence-corrected chi connectivity index (χ4v) is 6.36. The van der Waals surface area contributed by atoms with Crippen LogP contribution in [-0.4, -0.2) is 18.8 Å². The summed E-state index contributed by atoms with van der Waals surface area (Å²) in [6.07, 6.45) is 6.42. The number of rotatable bonds is 3. The number of ketones is 1. The third kappa shape index (κ3) is 3.04. The number of nitrogens with one attached hydrogen (secondary N) is 1. The van der Waals surface area contributed by atoms with Crippen LogP contribution in [0.1, 0.15) is 65.6 Å². The van der Waals surface area contributed by atoms with E-state index in [1.54, 1.807) is 18.2 Å². The number of nitriles is 1. The van der Waals surface area contributed by atoms with Gasteiger partial charge in [0.05, 0.1) is 12.7 Å². The van der Waals surface area contributed by atoms with Gasteiger partial charge in [-0.2, -0.15) is 5.26 Å². The van der Waals surface area contributed by atoms with Crippen molar-refractivity contribution in [1.29, 1.82) is 5.26 Å². The smallest absolute Gasteiger partial charge is 0.227 e. The minimum atomic E-state index is -0.199. The van der Waals surface area contributed by atoms with Crippen molar-refractivity contribution in [3.05, 3.63) is 58.7 Å². The second kappa shape index (κ2) is 7.48. The Labute approximate surface area is 188 Å². The van der Waals surface area contributed by atoms with E-state index in [-0.39, 0.29) is 22.7 Å². The Kier molecular flexibility index (Phi) is 4.85. The molecule has 1 N–H and O–H groups in total. The second-order valence-electron chi connectivity index (χ2n) is 9.76. The van der Waals surface area contributed by atoms with E-state index < -0.39 is 0 Å². The molecule has 2 aromatic rings. The summed E-state index contributed by atoms with van der Waals surface area (Å²) in [6.45, 7) is 2.10. The number of methoxy groups -OCH3 is 1. The highest BCUT2D eigenvalue weighted by Gasteiger charge is 2.71. The minimum Gasteiger partial charge on any atom is -0.495 e. The van der Waals surface area contributed by atoms with Crippen molar-refractivity contribution in [3.63, 3.8) is 0 Å². The number of anilines is 1. The van der Waals surface area contributed by atoms with Crippen LogP contribution in [0.15, 0.2) is 36.4 Å². The molecule has 32 heavy (non-hydrogen) atoms. The number of hydrogen-bond donors (Lipinski definition) is 1. The largest absolute Gasteiger partial charge is 0.495 e. The molecule has 0 aromatic heterocycles. The molecule has 0 aliphatic heterocycles. The summed E-state index contributed by atoms with van der Waals surface area (Å²) in [5.41, 5.74) is 4.36. The van der Waals surface area contributed by atoms with Crippen LogP contribution in [0.4, 0.5) is 5.69 Å². The number of Topliss-reactive ketones (excluding diaryl/α,β-unsaturated/α-hetero) is 1. The standard InChI is InChI=1S/C27H28N2O3/c1-17-4-3-5-22-21(17)10-13-27(24(22)30)16-26(27)11-8-18(9-12-26)25(31)29-20-7-6-19(15-28)23(14-20)32-2/h3-7,14,18H,8-13,16H2,1-2H3,(H,29,31). The number of amides is 1. The summed E-state index contributed by atoms with van der Waals surface area (Å²) < 4.78 is 5.24. The zero-order chi connectivity index (χ0) is 22.5. The lowest BCUT2D eigenvalue weighted by Crippen LogP contribution is -2.34. The number of benzene rings is 2. The monoisotopic (exact) mass is 428 g/mol. The fraction of sp³-hybridized carbons (Fsp3) is 0.444. The third-order valence-electron chi connectivity index (χ3n) is 8.32. The predicted octanol–water partition coefficient (Wildman–Crippen LogP) is 5.21. The van der Waals surface area contributed by atoms with Gasteiger partial charge in [0, 0.05) is 28.7 Å². The van der Waals surface area contributed by atoms with Crippen molar-refractivity contribution in [2.45, 2.75) is 51.9 Å². The van der Waals surface area contributed by atoms with Gasteiger partial charge < -0.3 is 10.1 Å². The van der Waals surface area contributed by atoms with Crippen molar-refractivity contribution in [2.75, 3.05) is 12.4 Å². The molecule has 3 aliphatic carbocycles. The summed E-state index contributed by atoms with van der Waals surface area (Å²) in [5, 5.41) is 12.1. The summed E-state index contributed by atoms with van der Waals surface area (Å²) in [7, 11) is 1.51. The molecule has 0 bridgehead atoms. The van der Waals surface area contributed by atoms with Crippen LogP contribution in [0.25, 0.3) is 0 Å². The number of nitrogens with zero attached hydrogens (tertiary/aromatic N) is 1. The Balaban J connectivity index is 1.25. The lowest BCUT2D eigenvalue weighted by molar-refractivity contribution is -0.121. The molecule has 1 unspecified atom stereocenters. The van der Waals surface area contributed by atoms with Crippen LogP contribution in [-0.2, 0) is 11.2 Å². The number of carbonyl (C=O) groups excluding carboxylic acids is 2. The van der Waals surface area contributed by atoms with Crippen LogP contribution in [0.2, 0.25) is 0 Å². The first kappa shape index (κ1) is 20.8. The maximum atomic E-state index is 13.5. The predicted molar refractivity (Wildman–Crippen MR) is 122 cm³/mol. The van der Waals surface area contributed by atoms with Gasteiger partial charge in [0.15, 0.2) is 5.78 Å². The molecule has 2 spiro atoms. The molecule has 5 heteroatoms. The van der Waals surface area contributed by atoms with E-state index in [4.69, 9.17) is 10.00 Å². The van der Waals surface area contributed by atoms with Gasteiger partial charge >= 0.3 is 0 Å². The molecular formula is C27H28N2O3. The molecule has 3 aliphatic rings. The topological polar surface area (TPSA) is 79.2 Å². The molecule has 0 saturated heterocycles. The lowest BCUT2D eigenvalue weighted by Gasteiger charge is -2.34. The lowest BCUT2D eigenvalue weighted by atomic mass is 9.68. The van der Waals surface area contributed by atoms with E-state index >= 15 is 0 Å². The molecule has 2 fully saturated rings. The van der Waals surface area contributed by atoms with Gasteiger partial charge in [0.25, 0.3) is 0 Å². The van der Waals surface area contributed by atoms with Gasteiger partial charge in [0.1, 0.15) is 11.8 Å². The van der Waals surface area contributed by atoms with Gasteiger partial charge in [-0.15, -0.1) is 0 Å². The van der Waals surface area contributed by atoms with Crippen molar-refractivity contribution in [1.82, 2.24) is 0 Å². The summed E-state index contributed by atoms with van der Waals surface area (Å²) in [5.74, 6) is 0.763. The highest BCUT2D eigenvalue weighted by Crippen LogP contribution is 2.74. The van der Waals surface area contributed by atoms with Crippen molar-refractivity contribution >= 4 is 17.4 Å². The van der Waals surface area contributed by atoms with Crippen LogP contribution in [0, 0.1) is 35.0 Å². The molecule has 1 atom stereocenters. The average molecular weight is 429 g/mol. The Morgan fingerprint density at radius 2 is 1.97 bits per heavy atom. The van der Waals surface area contributed by atoms with E-state index in [1.807, 2.05) is 12.1 Å². The number of ether oxygens (including phenoxy) is 1. The summed E-state index contributed by atoms with van der Waals surface area (Å²) >= 11 is 0. The SMILES string of the molecule is COc1cc(NC(=O)C2CCC3(CC2)CC32CCc3c(C)cccc3C2=O)ccc1C#N. The average Bonchev–Trinajstić information content (AvgIpc) is 3.43.